The van der Waals surface area contributed by atoms with Crippen molar-refractivity contribution in [3.8, 4) is 10.8 Å². The van der Waals surface area contributed by atoms with Crippen LogP contribution in [0.1, 0.15) is 11.1 Å². The van der Waals surface area contributed by atoms with E-state index in [-0.39, 0.29) is 5.06 Å². The lowest BCUT2D eigenvalue weighted by molar-refractivity contribution is -0.138. The highest BCUT2D eigenvalue weighted by Crippen LogP contribution is 2.42. The van der Waals surface area contributed by atoms with E-state index in [0.29, 0.717) is 17.0 Å². The molecule has 0 spiro atoms. The molecule has 0 unspecified atom stereocenters. The number of benzene rings is 1. The van der Waals surface area contributed by atoms with Crippen LogP contribution in [-0.2, 0) is 6.18 Å². The summed E-state index contributed by atoms with van der Waals surface area (Å²) in [5.74, 6) is 0.372. The molecule has 0 saturated heterocycles. The van der Waals surface area contributed by atoms with Gasteiger partial charge in [0, 0.05) is 5.69 Å². The Hall–Kier alpha value is -1.69. The van der Waals surface area contributed by atoms with Crippen molar-refractivity contribution in [3.63, 3.8) is 0 Å². The van der Waals surface area contributed by atoms with Gasteiger partial charge in [-0.15, -0.1) is 11.3 Å². The van der Waals surface area contributed by atoms with Gasteiger partial charge >= 0.3 is 6.18 Å². The van der Waals surface area contributed by atoms with Crippen molar-refractivity contribution in [2.24, 2.45) is 0 Å². The van der Waals surface area contributed by atoms with Crippen LogP contribution in [0.4, 0.5) is 18.9 Å². The number of thiophene rings is 1. The maximum absolute atomic E-state index is 12.7. The van der Waals surface area contributed by atoms with Gasteiger partial charge in [0.2, 0.25) is 0 Å². The number of ether oxygens (including phenoxy) is 1. The fourth-order valence-corrected chi connectivity index (χ4v) is 2.25. The zero-order chi connectivity index (χ0) is 13.3. The minimum Gasteiger partial charge on any atom is -0.446 e. The number of alkyl halides is 3. The largest absolute Gasteiger partial charge is 0.446 e. The van der Waals surface area contributed by atoms with Crippen molar-refractivity contribution < 1.29 is 17.9 Å². The average molecular weight is 273 g/mol. The van der Waals surface area contributed by atoms with E-state index in [0.717, 1.165) is 17.4 Å². The van der Waals surface area contributed by atoms with Crippen LogP contribution in [-0.4, -0.2) is 0 Å². The Labute approximate surface area is 106 Å². The predicted molar refractivity (Wildman–Crippen MR) is 65.0 cm³/mol. The first kappa shape index (κ1) is 12.8. The van der Waals surface area contributed by atoms with Gasteiger partial charge in [-0.25, -0.2) is 0 Å². The molecule has 0 bridgehead atoms. The van der Waals surface area contributed by atoms with Crippen molar-refractivity contribution in [1.82, 2.24) is 0 Å². The number of halogens is 3. The number of rotatable bonds is 2. The average Bonchev–Trinajstić information content (AvgIpc) is 2.70. The maximum atomic E-state index is 12.7. The molecule has 1 heterocycles. The van der Waals surface area contributed by atoms with Crippen LogP contribution in [0.25, 0.3) is 0 Å². The minimum absolute atomic E-state index is 0.157. The van der Waals surface area contributed by atoms with Gasteiger partial charge in [-0.3, -0.25) is 0 Å². The zero-order valence-electron chi connectivity index (χ0n) is 9.41. The van der Waals surface area contributed by atoms with Crippen molar-refractivity contribution in [3.05, 3.63) is 40.8 Å². The molecule has 18 heavy (non-hydrogen) atoms. The molecule has 6 heteroatoms. The summed E-state index contributed by atoms with van der Waals surface area (Å²) in [6, 6.07) is 5.80. The van der Waals surface area contributed by atoms with Crippen LogP contribution in [0.3, 0.4) is 0 Å². The van der Waals surface area contributed by atoms with E-state index in [4.69, 9.17) is 10.5 Å². The number of anilines is 1. The fraction of sp³-hybridized carbons (Fsp3) is 0.167. The molecular formula is C12H10F3NOS. The summed E-state index contributed by atoms with van der Waals surface area (Å²) in [4.78, 5) is 0. The van der Waals surface area contributed by atoms with E-state index in [1.165, 1.54) is 5.38 Å². The number of nitrogens with two attached hydrogens (primary N) is 1. The lowest BCUT2D eigenvalue weighted by atomic mass is 10.2. The van der Waals surface area contributed by atoms with Crippen LogP contribution < -0.4 is 10.5 Å². The van der Waals surface area contributed by atoms with E-state index in [9.17, 15) is 13.2 Å². The lowest BCUT2D eigenvalue weighted by Crippen LogP contribution is -2.04. The zero-order valence-corrected chi connectivity index (χ0v) is 10.2. The first-order chi connectivity index (χ1) is 8.38. The summed E-state index contributed by atoms with van der Waals surface area (Å²) in [7, 11) is 0. The van der Waals surface area contributed by atoms with E-state index in [1.54, 1.807) is 25.1 Å². The lowest BCUT2D eigenvalue weighted by Gasteiger charge is -2.11. The van der Waals surface area contributed by atoms with Gasteiger partial charge in [0.1, 0.15) is 11.3 Å². The van der Waals surface area contributed by atoms with Gasteiger partial charge in [-0.2, -0.15) is 13.2 Å². The smallest absolute Gasteiger partial charge is 0.420 e. The Balaban J connectivity index is 2.32. The molecule has 2 aromatic rings. The van der Waals surface area contributed by atoms with Crippen molar-refractivity contribution in [1.29, 1.82) is 0 Å². The first-order valence-corrected chi connectivity index (χ1v) is 5.94. The summed E-state index contributed by atoms with van der Waals surface area (Å²) in [5, 5.41) is 1.19. The van der Waals surface area contributed by atoms with Crippen LogP contribution in [0.15, 0.2) is 29.6 Å². The maximum Gasteiger partial charge on any atom is 0.420 e. The molecule has 1 aromatic heterocycles. The monoisotopic (exact) mass is 273 g/mol. The fourth-order valence-electron chi connectivity index (χ4n) is 1.47. The van der Waals surface area contributed by atoms with Crippen LogP contribution in [0.5, 0.6) is 10.8 Å². The van der Waals surface area contributed by atoms with Gasteiger partial charge in [0.15, 0.2) is 5.06 Å². The Morgan fingerprint density at radius 1 is 1.22 bits per heavy atom. The molecular weight excluding hydrogens is 263 g/mol. The number of hydrogen-bond donors (Lipinski definition) is 1. The molecule has 0 aliphatic carbocycles. The van der Waals surface area contributed by atoms with Crippen molar-refractivity contribution in [2.45, 2.75) is 13.1 Å². The molecule has 1 aromatic carbocycles. The quantitative estimate of drug-likeness (QED) is 0.820. The van der Waals surface area contributed by atoms with E-state index < -0.39 is 11.7 Å². The Morgan fingerprint density at radius 3 is 2.56 bits per heavy atom. The van der Waals surface area contributed by atoms with E-state index in [2.05, 4.69) is 0 Å². The third-order valence-corrected chi connectivity index (χ3v) is 3.13. The molecule has 0 aliphatic heterocycles. The predicted octanol–water partition coefficient (Wildman–Crippen LogP) is 4.45. The topological polar surface area (TPSA) is 35.2 Å². The number of nitrogen functional groups attached to an aromatic ring is 1. The third-order valence-electron chi connectivity index (χ3n) is 2.34. The van der Waals surface area contributed by atoms with Gasteiger partial charge in [-0.05, 0) is 42.1 Å². The van der Waals surface area contributed by atoms with Gasteiger partial charge in [-0.1, -0.05) is 0 Å². The second kappa shape index (κ2) is 4.53. The summed E-state index contributed by atoms with van der Waals surface area (Å²) in [6.07, 6.45) is -4.41. The standard InChI is InChI=1S/C12H10F3NOS/c1-7-6-8(16)2-3-10(7)17-11-9(4-5-18-11)12(13,14)15/h2-6H,16H2,1H3. The molecule has 96 valence electrons. The number of hydrogen-bond acceptors (Lipinski definition) is 3. The van der Waals surface area contributed by atoms with Gasteiger partial charge in [0.05, 0.1) is 0 Å². The highest BCUT2D eigenvalue weighted by molar-refractivity contribution is 7.12. The second-order valence-corrected chi connectivity index (χ2v) is 4.63. The molecule has 0 radical (unpaired) electrons. The van der Waals surface area contributed by atoms with Crippen LogP contribution in [0.2, 0.25) is 0 Å². The first-order valence-electron chi connectivity index (χ1n) is 5.06. The highest BCUT2D eigenvalue weighted by atomic mass is 32.1. The Bertz CT molecular complexity index is 563. The SMILES string of the molecule is Cc1cc(N)ccc1Oc1sccc1C(F)(F)F. The summed E-state index contributed by atoms with van der Waals surface area (Å²) in [6.45, 7) is 1.73. The second-order valence-electron chi connectivity index (χ2n) is 3.75. The third kappa shape index (κ3) is 2.59. The minimum atomic E-state index is -4.41. The van der Waals surface area contributed by atoms with E-state index >= 15 is 0 Å². The molecule has 0 amide bonds. The van der Waals surface area contributed by atoms with Crippen molar-refractivity contribution in [2.75, 3.05) is 5.73 Å². The molecule has 2 rings (SSSR count). The summed E-state index contributed by atoms with van der Waals surface area (Å²) >= 11 is 0.911. The highest BCUT2D eigenvalue weighted by Gasteiger charge is 2.35. The van der Waals surface area contributed by atoms with E-state index in [1.807, 2.05) is 0 Å². The number of aryl methyl sites for hydroxylation is 1. The molecule has 2 N–H and O–H groups in total. The summed E-state index contributed by atoms with van der Waals surface area (Å²) in [5.41, 5.74) is 6.04. The molecule has 0 atom stereocenters. The van der Waals surface area contributed by atoms with Crippen molar-refractivity contribution >= 4 is 17.0 Å². The van der Waals surface area contributed by atoms with Gasteiger partial charge in [0.25, 0.3) is 0 Å². The molecule has 2 nitrogen and oxygen atoms in total. The molecule has 0 saturated carbocycles. The van der Waals surface area contributed by atoms with Crippen LogP contribution in [0, 0.1) is 6.92 Å². The molecule has 0 fully saturated rings. The summed E-state index contributed by atoms with van der Waals surface area (Å²) < 4.78 is 43.3. The Kier molecular flexibility index (Phi) is 3.21. The van der Waals surface area contributed by atoms with Crippen LogP contribution >= 0.6 is 11.3 Å². The normalized spacial score (nSPS) is 11.6. The Morgan fingerprint density at radius 2 is 1.94 bits per heavy atom. The molecule has 0 aliphatic rings. The van der Waals surface area contributed by atoms with Gasteiger partial charge < -0.3 is 10.5 Å².